The standard InChI is InChI=1S/C11H12FN3O/c1-2-8-6-14-10(16-8)7-15-11-9(12)4-3-5-13-11/h3-6H,2,7H2,1H3,(H,13,15). The molecule has 1 N–H and O–H groups in total. The van der Waals surface area contributed by atoms with Crippen LogP contribution in [0, 0.1) is 5.82 Å². The topological polar surface area (TPSA) is 51.0 Å². The van der Waals surface area contributed by atoms with Gasteiger partial charge in [0, 0.05) is 12.6 Å². The van der Waals surface area contributed by atoms with Gasteiger partial charge in [0.1, 0.15) is 5.76 Å². The molecule has 16 heavy (non-hydrogen) atoms. The van der Waals surface area contributed by atoms with Crippen molar-refractivity contribution in [3.05, 3.63) is 42.0 Å². The molecule has 0 fully saturated rings. The molecule has 0 unspecified atom stereocenters. The molecular weight excluding hydrogens is 209 g/mol. The number of oxazole rings is 1. The van der Waals surface area contributed by atoms with Gasteiger partial charge in [-0.25, -0.2) is 14.4 Å². The largest absolute Gasteiger partial charge is 0.444 e. The lowest BCUT2D eigenvalue weighted by Crippen LogP contribution is -2.03. The lowest BCUT2D eigenvalue weighted by molar-refractivity contribution is 0.465. The molecule has 2 aromatic heterocycles. The smallest absolute Gasteiger partial charge is 0.213 e. The van der Waals surface area contributed by atoms with E-state index in [1.54, 1.807) is 12.3 Å². The Hall–Kier alpha value is -1.91. The Bertz CT molecular complexity index is 470. The Morgan fingerprint density at radius 3 is 3.00 bits per heavy atom. The van der Waals surface area contributed by atoms with Crippen LogP contribution in [0.3, 0.4) is 0 Å². The third-order valence-corrected chi connectivity index (χ3v) is 2.12. The summed E-state index contributed by atoms with van der Waals surface area (Å²) in [6.45, 7) is 2.31. The first-order chi connectivity index (χ1) is 7.79. The highest BCUT2D eigenvalue weighted by atomic mass is 19.1. The highest BCUT2D eigenvalue weighted by Gasteiger charge is 2.05. The average Bonchev–Trinajstić information content (AvgIpc) is 2.76. The molecular formula is C11H12FN3O. The first kappa shape index (κ1) is 10.6. The van der Waals surface area contributed by atoms with Gasteiger partial charge in [-0.05, 0) is 12.1 Å². The minimum absolute atomic E-state index is 0.207. The van der Waals surface area contributed by atoms with Gasteiger partial charge in [0.2, 0.25) is 5.89 Å². The van der Waals surface area contributed by atoms with E-state index in [-0.39, 0.29) is 11.6 Å². The number of nitrogens with zero attached hydrogens (tertiary/aromatic N) is 2. The van der Waals surface area contributed by atoms with Crippen molar-refractivity contribution in [2.24, 2.45) is 0 Å². The van der Waals surface area contributed by atoms with Crippen LogP contribution in [0.2, 0.25) is 0 Å². The maximum absolute atomic E-state index is 13.2. The summed E-state index contributed by atoms with van der Waals surface area (Å²) in [7, 11) is 0. The second kappa shape index (κ2) is 4.74. The lowest BCUT2D eigenvalue weighted by Gasteiger charge is -2.02. The van der Waals surface area contributed by atoms with Gasteiger partial charge >= 0.3 is 0 Å². The molecule has 0 aliphatic rings. The van der Waals surface area contributed by atoms with Crippen molar-refractivity contribution in [2.75, 3.05) is 5.32 Å². The number of aryl methyl sites for hydroxylation is 1. The minimum Gasteiger partial charge on any atom is -0.444 e. The van der Waals surface area contributed by atoms with Crippen molar-refractivity contribution < 1.29 is 8.81 Å². The van der Waals surface area contributed by atoms with Crippen LogP contribution in [0.4, 0.5) is 10.2 Å². The van der Waals surface area contributed by atoms with Crippen molar-refractivity contribution in [3.8, 4) is 0 Å². The highest BCUT2D eigenvalue weighted by molar-refractivity contribution is 5.35. The quantitative estimate of drug-likeness (QED) is 0.861. The number of anilines is 1. The zero-order valence-electron chi connectivity index (χ0n) is 8.90. The predicted molar refractivity (Wildman–Crippen MR) is 57.4 cm³/mol. The number of nitrogens with one attached hydrogen (secondary N) is 1. The van der Waals surface area contributed by atoms with E-state index in [9.17, 15) is 4.39 Å². The van der Waals surface area contributed by atoms with Gasteiger partial charge in [-0.15, -0.1) is 0 Å². The van der Waals surface area contributed by atoms with E-state index in [4.69, 9.17) is 4.42 Å². The van der Waals surface area contributed by atoms with Crippen molar-refractivity contribution >= 4 is 5.82 Å². The summed E-state index contributed by atoms with van der Waals surface area (Å²) < 4.78 is 18.6. The first-order valence-corrected chi connectivity index (χ1v) is 5.07. The Morgan fingerprint density at radius 2 is 2.31 bits per heavy atom. The molecule has 0 spiro atoms. The minimum atomic E-state index is -0.384. The van der Waals surface area contributed by atoms with Gasteiger partial charge in [-0.1, -0.05) is 6.92 Å². The van der Waals surface area contributed by atoms with Crippen molar-refractivity contribution in [3.63, 3.8) is 0 Å². The molecule has 0 aliphatic heterocycles. The monoisotopic (exact) mass is 221 g/mol. The van der Waals surface area contributed by atoms with E-state index in [1.165, 1.54) is 12.3 Å². The van der Waals surface area contributed by atoms with Crippen LogP contribution in [-0.2, 0) is 13.0 Å². The fraction of sp³-hybridized carbons (Fsp3) is 0.273. The molecule has 4 nitrogen and oxygen atoms in total. The number of pyridine rings is 1. The van der Waals surface area contributed by atoms with Gasteiger partial charge < -0.3 is 9.73 Å². The molecule has 2 heterocycles. The van der Waals surface area contributed by atoms with E-state index in [0.29, 0.717) is 12.4 Å². The molecule has 0 saturated heterocycles. The molecule has 0 bridgehead atoms. The third kappa shape index (κ3) is 2.36. The Balaban J connectivity index is 1.99. The van der Waals surface area contributed by atoms with Crippen molar-refractivity contribution in [2.45, 2.75) is 19.9 Å². The first-order valence-electron chi connectivity index (χ1n) is 5.07. The maximum atomic E-state index is 13.2. The predicted octanol–water partition coefficient (Wildman–Crippen LogP) is 2.38. The van der Waals surface area contributed by atoms with Crippen molar-refractivity contribution in [1.82, 2.24) is 9.97 Å². The fourth-order valence-corrected chi connectivity index (χ4v) is 1.27. The van der Waals surface area contributed by atoms with Gasteiger partial charge in [-0.2, -0.15) is 0 Å². The highest BCUT2D eigenvalue weighted by Crippen LogP contribution is 2.11. The molecule has 2 aromatic rings. The van der Waals surface area contributed by atoms with Crippen molar-refractivity contribution in [1.29, 1.82) is 0 Å². The molecule has 0 saturated carbocycles. The molecule has 0 aromatic carbocycles. The number of halogens is 1. The van der Waals surface area contributed by atoms with Gasteiger partial charge in [0.25, 0.3) is 0 Å². The van der Waals surface area contributed by atoms with E-state index < -0.39 is 0 Å². The fourth-order valence-electron chi connectivity index (χ4n) is 1.27. The second-order valence-electron chi connectivity index (χ2n) is 3.26. The summed E-state index contributed by atoms with van der Waals surface area (Å²) in [5.74, 6) is 1.17. The second-order valence-corrected chi connectivity index (χ2v) is 3.26. The summed E-state index contributed by atoms with van der Waals surface area (Å²) in [5, 5.41) is 2.82. The van der Waals surface area contributed by atoms with E-state index in [2.05, 4.69) is 15.3 Å². The van der Waals surface area contributed by atoms with E-state index >= 15 is 0 Å². The zero-order valence-corrected chi connectivity index (χ0v) is 8.90. The summed E-state index contributed by atoms with van der Waals surface area (Å²) in [4.78, 5) is 7.92. The van der Waals surface area contributed by atoms with Crippen LogP contribution in [0.1, 0.15) is 18.6 Å². The summed E-state index contributed by atoms with van der Waals surface area (Å²) >= 11 is 0. The number of rotatable bonds is 4. The van der Waals surface area contributed by atoms with Crippen LogP contribution in [0.25, 0.3) is 0 Å². The van der Waals surface area contributed by atoms with Crippen LogP contribution >= 0.6 is 0 Å². The SMILES string of the molecule is CCc1cnc(CNc2ncccc2F)o1. The number of hydrogen-bond donors (Lipinski definition) is 1. The van der Waals surface area contributed by atoms with Gasteiger partial charge in [0.15, 0.2) is 11.6 Å². The summed E-state index contributed by atoms with van der Waals surface area (Å²) in [5.41, 5.74) is 0. The summed E-state index contributed by atoms with van der Waals surface area (Å²) in [6.07, 6.45) is 4.00. The number of aromatic nitrogens is 2. The van der Waals surface area contributed by atoms with E-state index in [0.717, 1.165) is 12.2 Å². The Kier molecular flexibility index (Phi) is 3.14. The van der Waals surface area contributed by atoms with Gasteiger partial charge in [0.05, 0.1) is 12.7 Å². The lowest BCUT2D eigenvalue weighted by atomic mass is 10.4. The normalized spacial score (nSPS) is 10.4. The molecule has 0 radical (unpaired) electrons. The molecule has 84 valence electrons. The summed E-state index contributed by atoms with van der Waals surface area (Å²) in [6, 6.07) is 2.89. The van der Waals surface area contributed by atoms with Crippen LogP contribution in [0.15, 0.2) is 28.9 Å². The molecule has 0 atom stereocenters. The third-order valence-electron chi connectivity index (χ3n) is 2.12. The molecule has 0 aliphatic carbocycles. The maximum Gasteiger partial charge on any atom is 0.213 e. The molecule has 2 rings (SSSR count). The number of hydrogen-bond acceptors (Lipinski definition) is 4. The van der Waals surface area contributed by atoms with Crippen LogP contribution in [-0.4, -0.2) is 9.97 Å². The average molecular weight is 221 g/mol. The molecule has 5 heteroatoms. The van der Waals surface area contributed by atoms with Crippen LogP contribution < -0.4 is 5.32 Å². The van der Waals surface area contributed by atoms with E-state index in [1.807, 2.05) is 6.92 Å². The zero-order chi connectivity index (χ0) is 11.4. The Labute approximate surface area is 92.5 Å². The van der Waals surface area contributed by atoms with Crippen LogP contribution in [0.5, 0.6) is 0 Å². The van der Waals surface area contributed by atoms with Gasteiger partial charge in [-0.3, -0.25) is 0 Å². The molecule has 0 amide bonds. The Morgan fingerprint density at radius 1 is 1.44 bits per heavy atom.